The van der Waals surface area contributed by atoms with Gasteiger partial charge in [0.2, 0.25) is 0 Å². The number of likely N-dealkylation sites (tertiary alicyclic amines) is 1. The van der Waals surface area contributed by atoms with Crippen molar-refractivity contribution in [1.29, 1.82) is 5.26 Å². The minimum atomic E-state index is 0.278. The van der Waals surface area contributed by atoms with E-state index in [-0.39, 0.29) is 5.92 Å². The Balaban J connectivity index is 1.92. The summed E-state index contributed by atoms with van der Waals surface area (Å²) in [5, 5.41) is 9.99. The van der Waals surface area contributed by atoms with Crippen LogP contribution < -0.4 is 0 Å². The van der Waals surface area contributed by atoms with Gasteiger partial charge in [-0.25, -0.2) is 4.98 Å². The smallest absolute Gasteiger partial charge is 0.0900 e. The Morgan fingerprint density at radius 2 is 2.12 bits per heavy atom. The lowest BCUT2D eigenvalue weighted by atomic mass is 9.99. The fourth-order valence-electron chi connectivity index (χ4n) is 2.14. The second-order valence-electron chi connectivity index (χ2n) is 4.42. The zero-order chi connectivity index (χ0) is 11.5. The first kappa shape index (κ1) is 11.6. The molecule has 0 bridgehead atoms. The van der Waals surface area contributed by atoms with Crippen LogP contribution in [0, 0.1) is 31.1 Å². The number of aromatic nitrogens is 1. The van der Waals surface area contributed by atoms with Crippen molar-refractivity contribution in [3.05, 3.63) is 15.6 Å². The molecule has 1 aromatic rings. The summed E-state index contributed by atoms with van der Waals surface area (Å²) < 4.78 is 0. The number of nitrogens with zero attached hydrogens (tertiary/aromatic N) is 3. The standard InChI is InChI=1S/C12H17N3S/c1-9-12(16-10(2)14-9)8-15-5-3-11(7-13)4-6-15/h11H,3-6,8H2,1-2H3. The summed E-state index contributed by atoms with van der Waals surface area (Å²) in [6.45, 7) is 7.25. The maximum absolute atomic E-state index is 8.84. The second-order valence-corrected chi connectivity index (χ2v) is 5.71. The summed E-state index contributed by atoms with van der Waals surface area (Å²) in [4.78, 5) is 8.27. The summed E-state index contributed by atoms with van der Waals surface area (Å²) in [6, 6.07) is 2.37. The molecule has 4 heteroatoms. The average molecular weight is 235 g/mol. The van der Waals surface area contributed by atoms with E-state index >= 15 is 0 Å². The van der Waals surface area contributed by atoms with Crippen molar-refractivity contribution in [2.24, 2.45) is 5.92 Å². The van der Waals surface area contributed by atoms with Crippen LogP contribution in [0.4, 0.5) is 0 Å². The van der Waals surface area contributed by atoms with Gasteiger partial charge in [-0.1, -0.05) is 0 Å². The minimum Gasteiger partial charge on any atom is -0.298 e. The predicted molar refractivity (Wildman–Crippen MR) is 65.2 cm³/mol. The zero-order valence-corrected chi connectivity index (χ0v) is 10.7. The van der Waals surface area contributed by atoms with E-state index in [1.807, 2.05) is 0 Å². The van der Waals surface area contributed by atoms with Gasteiger partial charge in [-0.05, 0) is 39.8 Å². The van der Waals surface area contributed by atoms with Crippen LogP contribution in [0.2, 0.25) is 0 Å². The van der Waals surface area contributed by atoms with Gasteiger partial charge >= 0.3 is 0 Å². The van der Waals surface area contributed by atoms with E-state index in [9.17, 15) is 0 Å². The molecule has 0 N–H and O–H groups in total. The molecule has 0 amide bonds. The topological polar surface area (TPSA) is 39.9 Å². The summed E-state index contributed by atoms with van der Waals surface area (Å²) in [6.07, 6.45) is 2.04. The Morgan fingerprint density at radius 3 is 2.62 bits per heavy atom. The number of nitriles is 1. The maximum Gasteiger partial charge on any atom is 0.0900 e. The van der Waals surface area contributed by atoms with Gasteiger partial charge in [0.1, 0.15) is 0 Å². The number of hydrogen-bond acceptors (Lipinski definition) is 4. The van der Waals surface area contributed by atoms with E-state index in [0.29, 0.717) is 0 Å². The van der Waals surface area contributed by atoms with Gasteiger partial charge in [-0.15, -0.1) is 11.3 Å². The van der Waals surface area contributed by atoms with Crippen LogP contribution in [0.3, 0.4) is 0 Å². The Bertz CT molecular complexity index is 397. The number of piperidine rings is 1. The lowest BCUT2D eigenvalue weighted by Gasteiger charge is -2.28. The molecular weight excluding hydrogens is 218 g/mol. The molecule has 1 aliphatic rings. The molecule has 1 fully saturated rings. The van der Waals surface area contributed by atoms with E-state index in [0.717, 1.165) is 37.5 Å². The van der Waals surface area contributed by atoms with Crippen molar-refractivity contribution in [3.63, 3.8) is 0 Å². The molecule has 2 rings (SSSR count). The first-order valence-electron chi connectivity index (χ1n) is 5.74. The highest BCUT2D eigenvalue weighted by Crippen LogP contribution is 2.22. The normalized spacial score (nSPS) is 18.6. The number of thiazole rings is 1. The van der Waals surface area contributed by atoms with Crippen LogP contribution in [0.15, 0.2) is 0 Å². The molecule has 2 heterocycles. The summed E-state index contributed by atoms with van der Waals surface area (Å²) in [7, 11) is 0. The highest BCUT2D eigenvalue weighted by atomic mass is 32.1. The fourth-order valence-corrected chi connectivity index (χ4v) is 3.12. The lowest BCUT2D eigenvalue weighted by Crippen LogP contribution is -2.32. The van der Waals surface area contributed by atoms with Gasteiger partial charge in [0, 0.05) is 17.3 Å². The van der Waals surface area contributed by atoms with Crippen molar-refractivity contribution >= 4 is 11.3 Å². The third kappa shape index (κ3) is 2.60. The molecule has 0 saturated carbocycles. The molecule has 3 nitrogen and oxygen atoms in total. The average Bonchev–Trinajstić information content (AvgIpc) is 2.59. The molecule has 0 radical (unpaired) electrons. The molecule has 0 atom stereocenters. The summed E-state index contributed by atoms with van der Waals surface area (Å²) >= 11 is 1.80. The van der Waals surface area contributed by atoms with E-state index in [1.165, 1.54) is 10.6 Å². The van der Waals surface area contributed by atoms with Crippen molar-refractivity contribution in [1.82, 2.24) is 9.88 Å². The quantitative estimate of drug-likeness (QED) is 0.790. The molecule has 0 aliphatic carbocycles. The summed E-state index contributed by atoms with van der Waals surface area (Å²) in [5.74, 6) is 0.278. The molecule has 1 saturated heterocycles. The number of rotatable bonds is 2. The molecule has 0 unspecified atom stereocenters. The zero-order valence-electron chi connectivity index (χ0n) is 9.86. The van der Waals surface area contributed by atoms with Crippen molar-refractivity contribution in [2.75, 3.05) is 13.1 Å². The van der Waals surface area contributed by atoms with Crippen LogP contribution in [0.25, 0.3) is 0 Å². The highest BCUT2D eigenvalue weighted by molar-refractivity contribution is 7.11. The maximum atomic E-state index is 8.84. The highest BCUT2D eigenvalue weighted by Gasteiger charge is 2.19. The molecule has 0 spiro atoms. The first-order chi connectivity index (χ1) is 7.69. The van der Waals surface area contributed by atoms with Crippen LogP contribution >= 0.6 is 11.3 Å². The Labute approximate surface area is 101 Å². The second kappa shape index (κ2) is 4.94. The molecule has 0 aromatic carbocycles. The number of hydrogen-bond donors (Lipinski definition) is 0. The SMILES string of the molecule is Cc1nc(C)c(CN2CCC(C#N)CC2)s1. The monoisotopic (exact) mass is 235 g/mol. The number of aryl methyl sites for hydroxylation is 2. The largest absolute Gasteiger partial charge is 0.298 e. The molecule has 16 heavy (non-hydrogen) atoms. The summed E-state index contributed by atoms with van der Waals surface area (Å²) in [5.41, 5.74) is 1.17. The minimum absolute atomic E-state index is 0.278. The van der Waals surface area contributed by atoms with Crippen molar-refractivity contribution in [3.8, 4) is 6.07 Å². The molecular formula is C12H17N3S. The van der Waals surface area contributed by atoms with Gasteiger partial charge in [0.25, 0.3) is 0 Å². The lowest BCUT2D eigenvalue weighted by molar-refractivity contribution is 0.199. The Morgan fingerprint density at radius 1 is 1.44 bits per heavy atom. The Kier molecular flexibility index (Phi) is 3.57. The third-order valence-electron chi connectivity index (χ3n) is 3.14. The van der Waals surface area contributed by atoms with Crippen LogP contribution in [0.1, 0.15) is 28.4 Å². The Hall–Kier alpha value is -0.920. The van der Waals surface area contributed by atoms with E-state index in [2.05, 4.69) is 29.8 Å². The van der Waals surface area contributed by atoms with E-state index < -0.39 is 0 Å². The van der Waals surface area contributed by atoms with Crippen molar-refractivity contribution in [2.45, 2.75) is 33.2 Å². The third-order valence-corrected chi connectivity index (χ3v) is 4.19. The fraction of sp³-hybridized carbons (Fsp3) is 0.667. The van der Waals surface area contributed by atoms with Crippen LogP contribution in [-0.2, 0) is 6.54 Å². The van der Waals surface area contributed by atoms with Gasteiger partial charge in [-0.2, -0.15) is 5.26 Å². The molecule has 1 aliphatic heterocycles. The van der Waals surface area contributed by atoms with Crippen LogP contribution in [-0.4, -0.2) is 23.0 Å². The van der Waals surface area contributed by atoms with Gasteiger partial charge in [0.15, 0.2) is 0 Å². The van der Waals surface area contributed by atoms with Crippen LogP contribution in [0.5, 0.6) is 0 Å². The predicted octanol–water partition coefficient (Wildman–Crippen LogP) is 2.50. The van der Waals surface area contributed by atoms with Gasteiger partial charge in [0.05, 0.1) is 16.8 Å². The van der Waals surface area contributed by atoms with Crippen molar-refractivity contribution < 1.29 is 0 Å². The van der Waals surface area contributed by atoms with Gasteiger partial charge in [-0.3, -0.25) is 4.90 Å². The molecule has 1 aromatic heterocycles. The van der Waals surface area contributed by atoms with E-state index in [1.54, 1.807) is 11.3 Å². The van der Waals surface area contributed by atoms with E-state index in [4.69, 9.17) is 5.26 Å². The van der Waals surface area contributed by atoms with Gasteiger partial charge < -0.3 is 0 Å². The molecule has 86 valence electrons. The first-order valence-corrected chi connectivity index (χ1v) is 6.55.